The first kappa shape index (κ1) is 16.1. The predicted octanol–water partition coefficient (Wildman–Crippen LogP) is 2.02. The van der Waals surface area contributed by atoms with Crippen LogP contribution in [-0.4, -0.2) is 60.3 Å². The fourth-order valence-corrected chi connectivity index (χ4v) is 4.41. The third-order valence-electron chi connectivity index (χ3n) is 5.79. The molecule has 2 saturated heterocycles. The molecule has 4 rings (SSSR count). The van der Waals surface area contributed by atoms with Gasteiger partial charge in [0.05, 0.1) is 12.3 Å². The highest BCUT2D eigenvalue weighted by Crippen LogP contribution is 2.28. The van der Waals surface area contributed by atoms with Crippen LogP contribution in [0.15, 0.2) is 6.07 Å². The number of nitrogen functional groups attached to an aromatic ring is 1. The summed E-state index contributed by atoms with van der Waals surface area (Å²) in [5.74, 6) is 1.76. The summed E-state index contributed by atoms with van der Waals surface area (Å²) in [6.45, 7) is 6.02. The van der Waals surface area contributed by atoms with Gasteiger partial charge in [-0.25, -0.2) is 4.98 Å². The molecule has 0 unspecified atom stereocenters. The van der Waals surface area contributed by atoms with E-state index in [9.17, 15) is 0 Å². The van der Waals surface area contributed by atoms with E-state index in [1.807, 2.05) is 0 Å². The van der Waals surface area contributed by atoms with Crippen molar-refractivity contribution in [3.63, 3.8) is 0 Å². The van der Waals surface area contributed by atoms with E-state index >= 15 is 0 Å². The topological polar surface area (TPSA) is 67.5 Å². The van der Waals surface area contributed by atoms with Crippen LogP contribution in [0.4, 0.5) is 11.8 Å². The first-order chi connectivity index (χ1) is 11.8. The summed E-state index contributed by atoms with van der Waals surface area (Å²) in [6.07, 6.45) is 7.80. The van der Waals surface area contributed by atoms with Crippen LogP contribution in [-0.2, 0) is 4.74 Å². The average Bonchev–Trinajstić information content (AvgIpc) is 3.25. The third kappa shape index (κ3) is 3.49. The quantitative estimate of drug-likeness (QED) is 0.914. The fraction of sp³-hybridized carbons (Fsp3) is 0.778. The molecular formula is C18H29N5O. The Balaban J connectivity index is 1.46. The van der Waals surface area contributed by atoms with Crippen molar-refractivity contribution in [3.8, 4) is 0 Å². The smallest absolute Gasteiger partial charge is 0.222 e. The number of nitrogens with zero attached hydrogens (tertiary/aromatic N) is 4. The zero-order valence-corrected chi connectivity index (χ0v) is 14.5. The van der Waals surface area contributed by atoms with Gasteiger partial charge in [-0.15, -0.1) is 0 Å². The molecule has 1 aromatic rings. The zero-order valence-electron chi connectivity index (χ0n) is 14.5. The minimum Gasteiger partial charge on any atom is -0.381 e. The van der Waals surface area contributed by atoms with Gasteiger partial charge in [0.1, 0.15) is 5.82 Å². The Labute approximate surface area is 144 Å². The van der Waals surface area contributed by atoms with Gasteiger partial charge in [-0.05, 0) is 25.7 Å². The van der Waals surface area contributed by atoms with E-state index in [0.717, 1.165) is 56.8 Å². The Kier molecular flexibility index (Phi) is 4.85. The molecule has 3 heterocycles. The van der Waals surface area contributed by atoms with Crippen LogP contribution in [0.2, 0.25) is 0 Å². The molecule has 1 aliphatic carbocycles. The van der Waals surface area contributed by atoms with E-state index in [1.54, 1.807) is 0 Å². The van der Waals surface area contributed by atoms with Gasteiger partial charge in [0.2, 0.25) is 5.95 Å². The molecule has 3 fully saturated rings. The number of hydrogen-bond donors (Lipinski definition) is 1. The van der Waals surface area contributed by atoms with Crippen LogP contribution >= 0.6 is 0 Å². The molecule has 3 aliphatic rings. The molecule has 24 heavy (non-hydrogen) atoms. The molecule has 1 saturated carbocycles. The summed E-state index contributed by atoms with van der Waals surface area (Å²) in [7, 11) is 0. The van der Waals surface area contributed by atoms with Gasteiger partial charge < -0.3 is 15.4 Å². The highest BCUT2D eigenvalue weighted by molar-refractivity contribution is 5.44. The molecule has 0 aromatic carbocycles. The number of ether oxygens (including phenoxy) is 1. The second-order valence-corrected chi connectivity index (χ2v) is 7.38. The summed E-state index contributed by atoms with van der Waals surface area (Å²) in [4.78, 5) is 14.1. The van der Waals surface area contributed by atoms with Gasteiger partial charge in [0.25, 0.3) is 0 Å². The molecule has 1 atom stereocenters. The molecular weight excluding hydrogens is 302 g/mol. The lowest BCUT2D eigenvalue weighted by Crippen LogP contribution is -2.37. The second-order valence-electron chi connectivity index (χ2n) is 7.38. The van der Waals surface area contributed by atoms with Gasteiger partial charge in [-0.1, -0.05) is 12.8 Å². The van der Waals surface area contributed by atoms with Crippen LogP contribution < -0.4 is 10.6 Å². The van der Waals surface area contributed by atoms with Crippen molar-refractivity contribution < 1.29 is 4.74 Å². The van der Waals surface area contributed by atoms with E-state index in [4.69, 9.17) is 10.5 Å². The van der Waals surface area contributed by atoms with Crippen LogP contribution in [0.1, 0.15) is 50.1 Å². The van der Waals surface area contributed by atoms with Gasteiger partial charge >= 0.3 is 0 Å². The first-order valence-corrected chi connectivity index (χ1v) is 9.51. The maximum absolute atomic E-state index is 6.00. The Morgan fingerprint density at radius 3 is 2.67 bits per heavy atom. The molecule has 0 amide bonds. The zero-order chi connectivity index (χ0) is 16.4. The molecule has 0 radical (unpaired) electrons. The summed E-state index contributed by atoms with van der Waals surface area (Å²) >= 11 is 0. The number of nitrogens with two attached hydrogens (primary N) is 1. The standard InChI is InChI=1S/C18H29N5O/c19-18-20-16(14-6-11-24-13-14)12-17(21-18)23-8-3-7-22(9-10-23)15-4-1-2-5-15/h12,14-15H,1-11,13H2,(H2,19,20,21)/t14-/m1/s1. The lowest BCUT2D eigenvalue weighted by atomic mass is 10.0. The number of aromatic nitrogens is 2. The van der Waals surface area contributed by atoms with E-state index in [-0.39, 0.29) is 0 Å². The number of anilines is 2. The third-order valence-corrected chi connectivity index (χ3v) is 5.79. The van der Waals surface area contributed by atoms with Crippen molar-refractivity contribution in [2.24, 2.45) is 0 Å². The summed E-state index contributed by atoms with van der Waals surface area (Å²) in [5, 5.41) is 0. The SMILES string of the molecule is Nc1nc([C@@H]2CCOC2)cc(N2CCCN(C3CCCC3)CC2)n1. The van der Waals surface area contributed by atoms with Crippen LogP contribution in [0.25, 0.3) is 0 Å². The Hall–Kier alpha value is -1.40. The minimum atomic E-state index is 0.371. The van der Waals surface area contributed by atoms with E-state index in [0.29, 0.717) is 11.9 Å². The van der Waals surface area contributed by atoms with Crippen LogP contribution in [0.5, 0.6) is 0 Å². The Bertz CT molecular complexity index is 554. The van der Waals surface area contributed by atoms with Gasteiger partial charge in [0.15, 0.2) is 0 Å². The van der Waals surface area contributed by atoms with Crippen LogP contribution in [0.3, 0.4) is 0 Å². The highest BCUT2D eigenvalue weighted by Gasteiger charge is 2.26. The molecule has 6 heteroatoms. The van der Waals surface area contributed by atoms with Crippen LogP contribution in [0, 0.1) is 0 Å². The molecule has 132 valence electrons. The van der Waals surface area contributed by atoms with Crippen molar-refractivity contribution >= 4 is 11.8 Å². The average molecular weight is 331 g/mol. The first-order valence-electron chi connectivity index (χ1n) is 9.51. The van der Waals surface area contributed by atoms with Gasteiger partial charge in [-0.3, -0.25) is 4.90 Å². The Morgan fingerprint density at radius 2 is 1.88 bits per heavy atom. The van der Waals surface area contributed by atoms with Crippen molar-refractivity contribution in [2.75, 3.05) is 50.0 Å². The molecule has 2 N–H and O–H groups in total. The monoisotopic (exact) mass is 331 g/mol. The van der Waals surface area contributed by atoms with Gasteiger partial charge in [-0.2, -0.15) is 4.98 Å². The highest BCUT2D eigenvalue weighted by atomic mass is 16.5. The lowest BCUT2D eigenvalue weighted by Gasteiger charge is -2.27. The summed E-state index contributed by atoms with van der Waals surface area (Å²) in [5.41, 5.74) is 7.05. The summed E-state index contributed by atoms with van der Waals surface area (Å²) < 4.78 is 5.51. The normalized spacial score (nSPS) is 26.8. The van der Waals surface area contributed by atoms with Gasteiger partial charge in [0, 0.05) is 50.8 Å². The molecule has 6 nitrogen and oxygen atoms in total. The van der Waals surface area contributed by atoms with E-state index in [1.165, 1.54) is 38.6 Å². The van der Waals surface area contributed by atoms with Crippen molar-refractivity contribution in [1.29, 1.82) is 0 Å². The largest absolute Gasteiger partial charge is 0.381 e. The van der Waals surface area contributed by atoms with Crippen molar-refractivity contribution in [1.82, 2.24) is 14.9 Å². The Morgan fingerprint density at radius 1 is 1.00 bits per heavy atom. The van der Waals surface area contributed by atoms with Crippen molar-refractivity contribution in [3.05, 3.63) is 11.8 Å². The number of rotatable bonds is 3. The predicted molar refractivity (Wildman–Crippen MR) is 95.3 cm³/mol. The number of hydrogen-bond acceptors (Lipinski definition) is 6. The molecule has 2 aliphatic heterocycles. The maximum atomic E-state index is 6.00. The lowest BCUT2D eigenvalue weighted by molar-refractivity contribution is 0.193. The minimum absolute atomic E-state index is 0.371. The van der Waals surface area contributed by atoms with E-state index in [2.05, 4.69) is 25.8 Å². The molecule has 1 aromatic heterocycles. The van der Waals surface area contributed by atoms with Crippen molar-refractivity contribution in [2.45, 2.75) is 50.5 Å². The van der Waals surface area contributed by atoms with E-state index < -0.39 is 0 Å². The summed E-state index contributed by atoms with van der Waals surface area (Å²) in [6, 6.07) is 2.95. The fourth-order valence-electron chi connectivity index (χ4n) is 4.41. The molecule has 0 spiro atoms. The maximum Gasteiger partial charge on any atom is 0.222 e. The second kappa shape index (κ2) is 7.23. The molecule has 0 bridgehead atoms.